The number of rotatable bonds is 4. The van der Waals surface area contributed by atoms with Crippen LogP contribution in [0.2, 0.25) is 0 Å². The Labute approximate surface area is 130 Å². The van der Waals surface area contributed by atoms with Crippen molar-refractivity contribution in [2.45, 2.75) is 26.3 Å². The molecular formula is C17H22N2O3. The SMILES string of the molecule is Cc1cccc(CNC(=O)C2(C(=O)N3CCOCC3)CC2)c1. The van der Waals surface area contributed by atoms with Gasteiger partial charge < -0.3 is 15.0 Å². The Morgan fingerprint density at radius 1 is 1.27 bits per heavy atom. The Morgan fingerprint density at radius 2 is 2.00 bits per heavy atom. The zero-order valence-electron chi connectivity index (χ0n) is 12.9. The van der Waals surface area contributed by atoms with Crippen LogP contribution in [0, 0.1) is 12.3 Å². The molecule has 1 aromatic carbocycles. The second kappa shape index (κ2) is 6.08. The van der Waals surface area contributed by atoms with E-state index in [1.165, 1.54) is 0 Å². The van der Waals surface area contributed by atoms with Crippen molar-refractivity contribution >= 4 is 11.8 Å². The number of carbonyl (C=O) groups excluding carboxylic acids is 2. The van der Waals surface area contributed by atoms with Crippen molar-refractivity contribution in [3.63, 3.8) is 0 Å². The standard InChI is InChI=1S/C17H22N2O3/c1-13-3-2-4-14(11-13)12-18-15(20)17(5-6-17)16(21)19-7-9-22-10-8-19/h2-4,11H,5-10,12H2,1H3,(H,18,20). The first-order chi connectivity index (χ1) is 10.6. The van der Waals surface area contributed by atoms with Gasteiger partial charge in [-0.1, -0.05) is 29.8 Å². The van der Waals surface area contributed by atoms with E-state index in [2.05, 4.69) is 5.32 Å². The predicted octanol–water partition coefficient (Wildman–Crippen LogP) is 1.25. The molecule has 0 radical (unpaired) electrons. The summed E-state index contributed by atoms with van der Waals surface area (Å²) >= 11 is 0. The first kappa shape index (κ1) is 15.0. The molecule has 5 heteroatoms. The fourth-order valence-corrected chi connectivity index (χ4v) is 2.91. The van der Waals surface area contributed by atoms with E-state index in [9.17, 15) is 9.59 Å². The maximum absolute atomic E-state index is 12.6. The molecule has 0 bridgehead atoms. The largest absolute Gasteiger partial charge is 0.378 e. The quantitative estimate of drug-likeness (QED) is 0.852. The van der Waals surface area contributed by atoms with Gasteiger partial charge in [0, 0.05) is 19.6 Å². The predicted molar refractivity (Wildman–Crippen MR) is 82.1 cm³/mol. The molecule has 0 aromatic heterocycles. The minimum atomic E-state index is -0.818. The zero-order chi connectivity index (χ0) is 15.6. The third-order valence-corrected chi connectivity index (χ3v) is 4.43. The van der Waals surface area contributed by atoms with Gasteiger partial charge in [-0.15, -0.1) is 0 Å². The highest BCUT2D eigenvalue weighted by Crippen LogP contribution is 2.47. The zero-order valence-corrected chi connectivity index (χ0v) is 12.9. The summed E-state index contributed by atoms with van der Waals surface area (Å²) in [5, 5.41) is 2.93. The second-order valence-corrected chi connectivity index (χ2v) is 6.16. The molecule has 3 rings (SSSR count). The summed E-state index contributed by atoms with van der Waals surface area (Å²) in [4.78, 5) is 26.8. The summed E-state index contributed by atoms with van der Waals surface area (Å²) in [6, 6.07) is 8.03. The van der Waals surface area contributed by atoms with Crippen LogP contribution in [-0.2, 0) is 20.9 Å². The molecule has 1 N–H and O–H groups in total. The van der Waals surface area contributed by atoms with E-state index in [1.807, 2.05) is 31.2 Å². The first-order valence-corrected chi connectivity index (χ1v) is 7.83. The second-order valence-electron chi connectivity index (χ2n) is 6.16. The Kier molecular flexibility index (Phi) is 4.16. The average Bonchev–Trinajstić information content (AvgIpc) is 3.35. The topological polar surface area (TPSA) is 58.6 Å². The molecule has 0 unspecified atom stereocenters. The number of carbonyl (C=O) groups is 2. The molecule has 0 spiro atoms. The summed E-state index contributed by atoms with van der Waals surface area (Å²) < 4.78 is 5.27. The van der Waals surface area contributed by atoms with Crippen molar-refractivity contribution in [1.29, 1.82) is 0 Å². The maximum atomic E-state index is 12.6. The number of ether oxygens (including phenoxy) is 1. The van der Waals surface area contributed by atoms with Crippen LogP contribution in [0.4, 0.5) is 0 Å². The molecular weight excluding hydrogens is 280 g/mol. The summed E-state index contributed by atoms with van der Waals surface area (Å²) in [7, 11) is 0. The molecule has 1 saturated carbocycles. The molecule has 1 saturated heterocycles. The Morgan fingerprint density at radius 3 is 2.64 bits per heavy atom. The van der Waals surface area contributed by atoms with Crippen LogP contribution in [0.5, 0.6) is 0 Å². The lowest BCUT2D eigenvalue weighted by atomic mass is 10.0. The lowest BCUT2D eigenvalue weighted by molar-refractivity contribution is -0.147. The third-order valence-electron chi connectivity index (χ3n) is 4.43. The van der Waals surface area contributed by atoms with Crippen molar-refractivity contribution in [3.05, 3.63) is 35.4 Å². The van der Waals surface area contributed by atoms with Crippen molar-refractivity contribution in [2.75, 3.05) is 26.3 Å². The van der Waals surface area contributed by atoms with E-state index in [1.54, 1.807) is 4.90 Å². The average molecular weight is 302 g/mol. The van der Waals surface area contributed by atoms with Gasteiger partial charge in [0.2, 0.25) is 11.8 Å². The van der Waals surface area contributed by atoms with Crippen LogP contribution >= 0.6 is 0 Å². The van der Waals surface area contributed by atoms with Gasteiger partial charge in [-0.05, 0) is 25.3 Å². The van der Waals surface area contributed by atoms with Gasteiger partial charge in [-0.3, -0.25) is 9.59 Å². The van der Waals surface area contributed by atoms with Gasteiger partial charge in [-0.2, -0.15) is 0 Å². The normalized spacial score (nSPS) is 19.6. The molecule has 1 aromatic rings. The van der Waals surface area contributed by atoms with Crippen LogP contribution in [0.15, 0.2) is 24.3 Å². The van der Waals surface area contributed by atoms with Crippen LogP contribution in [0.25, 0.3) is 0 Å². The minimum absolute atomic E-state index is 0.0301. The van der Waals surface area contributed by atoms with Gasteiger partial charge in [0.15, 0.2) is 0 Å². The number of nitrogens with zero attached hydrogens (tertiary/aromatic N) is 1. The fraction of sp³-hybridized carbons (Fsp3) is 0.529. The minimum Gasteiger partial charge on any atom is -0.378 e. The third kappa shape index (κ3) is 2.99. The van der Waals surface area contributed by atoms with Crippen LogP contribution in [0.1, 0.15) is 24.0 Å². The van der Waals surface area contributed by atoms with E-state index in [4.69, 9.17) is 4.74 Å². The number of benzene rings is 1. The van der Waals surface area contributed by atoms with Crippen molar-refractivity contribution in [3.8, 4) is 0 Å². The highest BCUT2D eigenvalue weighted by atomic mass is 16.5. The summed E-state index contributed by atoms with van der Waals surface area (Å²) in [5.74, 6) is -0.164. The number of nitrogens with one attached hydrogen (secondary N) is 1. The molecule has 5 nitrogen and oxygen atoms in total. The highest BCUT2D eigenvalue weighted by molar-refractivity contribution is 6.07. The lowest BCUT2D eigenvalue weighted by Crippen LogP contribution is -2.49. The van der Waals surface area contributed by atoms with Gasteiger partial charge in [0.1, 0.15) is 5.41 Å². The summed E-state index contributed by atoms with van der Waals surface area (Å²) in [5.41, 5.74) is 1.40. The fourth-order valence-electron chi connectivity index (χ4n) is 2.91. The van der Waals surface area contributed by atoms with Gasteiger partial charge in [0.25, 0.3) is 0 Å². The molecule has 2 amide bonds. The van der Waals surface area contributed by atoms with Gasteiger partial charge in [0.05, 0.1) is 13.2 Å². The number of hydrogen-bond donors (Lipinski definition) is 1. The Bertz CT molecular complexity index is 575. The number of morpholine rings is 1. The highest BCUT2D eigenvalue weighted by Gasteiger charge is 2.57. The molecule has 118 valence electrons. The Balaban J connectivity index is 1.60. The first-order valence-electron chi connectivity index (χ1n) is 7.83. The Hall–Kier alpha value is -1.88. The monoisotopic (exact) mass is 302 g/mol. The van der Waals surface area contributed by atoms with E-state index < -0.39 is 5.41 Å². The molecule has 0 atom stereocenters. The van der Waals surface area contributed by atoms with Crippen molar-refractivity contribution in [2.24, 2.45) is 5.41 Å². The van der Waals surface area contributed by atoms with E-state index >= 15 is 0 Å². The smallest absolute Gasteiger partial charge is 0.238 e. The van der Waals surface area contributed by atoms with Crippen LogP contribution in [0.3, 0.4) is 0 Å². The number of hydrogen-bond acceptors (Lipinski definition) is 3. The molecule has 1 aliphatic heterocycles. The van der Waals surface area contributed by atoms with Crippen molar-refractivity contribution < 1.29 is 14.3 Å². The summed E-state index contributed by atoms with van der Waals surface area (Å²) in [6.45, 7) is 4.80. The lowest BCUT2D eigenvalue weighted by Gasteiger charge is -2.30. The summed E-state index contributed by atoms with van der Waals surface area (Å²) in [6.07, 6.45) is 1.31. The van der Waals surface area contributed by atoms with E-state index in [0.29, 0.717) is 45.7 Å². The molecule has 2 aliphatic rings. The molecule has 22 heavy (non-hydrogen) atoms. The van der Waals surface area contributed by atoms with Gasteiger partial charge in [-0.25, -0.2) is 0 Å². The van der Waals surface area contributed by atoms with E-state index in [0.717, 1.165) is 11.1 Å². The maximum Gasteiger partial charge on any atom is 0.238 e. The van der Waals surface area contributed by atoms with Crippen LogP contribution in [-0.4, -0.2) is 43.0 Å². The number of aryl methyl sites for hydroxylation is 1. The molecule has 1 aliphatic carbocycles. The van der Waals surface area contributed by atoms with Gasteiger partial charge >= 0.3 is 0 Å². The number of amides is 2. The molecule has 2 fully saturated rings. The molecule has 1 heterocycles. The van der Waals surface area contributed by atoms with Crippen LogP contribution < -0.4 is 5.32 Å². The van der Waals surface area contributed by atoms with Crippen molar-refractivity contribution in [1.82, 2.24) is 10.2 Å². The van der Waals surface area contributed by atoms with E-state index in [-0.39, 0.29) is 11.8 Å².